The Morgan fingerprint density at radius 1 is 1.58 bits per heavy atom. The van der Waals surface area contributed by atoms with Crippen LogP contribution in [-0.2, 0) is 0 Å². The van der Waals surface area contributed by atoms with Crippen LogP contribution < -0.4 is 0 Å². The van der Waals surface area contributed by atoms with E-state index in [9.17, 15) is 9.18 Å². The van der Waals surface area contributed by atoms with Crippen LogP contribution >= 0.6 is 15.9 Å². The third-order valence-electron chi connectivity index (χ3n) is 1.44. The summed E-state index contributed by atoms with van der Waals surface area (Å²) in [6, 6.07) is 2.52. The minimum absolute atomic E-state index is 0.00926. The predicted octanol–water partition coefficient (Wildman–Crippen LogP) is 2.50. The van der Waals surface area contributed by atoms with E-state index in [1.54, 1.807) is 0 Å². The number of halogens is 2. The number of ketones is 1. The van der Waals surface area contributed by atoms with E-state index >= 15 is 0 Å². The molecule has 0 unspecified atom stereocenters. The summed E-state index contributed by atoms with van der Waals surface area (Å²) in [6.45, 7) is 1.33. The van der Waals surface area contributed by atoms with Crippen molar-refractivity contribution in [3.63, 3.8) is 0 Å². The van der Waals surface area contributed by atoms with Crippen molar-refractivity contribution in [1.29, 1.82) is 0 Å². The second-order valence-electron chi connectivity index (χ2n) is 2.32. The monoisotopic (exact) mass is 232 g/mol. The zero-order valence-electron chi connectivity index (χ0n) is 6.27. The van der Waals surface area contributed by atoms with Crippen molar-refractivity contribution >= 4 is 21.7 Å². The van der Waals surface area contributed by atoms with Crippen LogP contribution in [0.1, 0.15) is 17.3 Å². The van der Waals surface area contributed by atoms with Gasteiger partial charge in [0.2, 0.25) is 0 Å². The van der Waals surface area contributed by atoms with Crippen LogP contribution in [0.25, 0.3) is 0 Å². The molecule has 0 aromatic heterocycles. The molecule has 12 heavy (non-hydrogen) atoms. The summed E-state index contributed by atoms with van der Waals surface area (Å²) in [5.74, 6) is -1.52. The van der Waals surface area contributed by atoms with Crippen molar-refractivity contribution < 1.29 is 14.3 Å². The number of Topliss-reactive ketones (excluding diaryl/α,β-unsaturated/α-hetero) is 1. The number of carbonyl (C=O) groups excluding carboxylic acids is 1. The number of aromatic hydroxyl groups is 1. The first kappa shape index (κ1) is 9.19. The molecule has 0 spiro atoms. The molecule has 1 aromatic carbocycles. The molecule has 1 aromatic rings. The maximum absolute atomic E-state index is 12.9. The molecule has 64 valence electrons. The lowest BCUT2D eigenvalue weighted by Gasteiger charge is -2.02. The quantitative estimate of drug-likeness (QED) is 0.756. The van der Waals surface area contributed by atoms with Gasteiger partial charge in [-0.05, 0) is 35.0 Å². The number of hydrogen-bond acceptors (Lipinski definition) is 2. The molecule has 0 atom stereocenters. The van der Waals surface area contributed by atoms with Crippen LogP contribution in [0.5, 0.6) is 5.75 Å². The van der Waals surface area contributed by atoms with Crippen molar-refractivity contribution in [2.24, 2.45) is 0 Å². The van der Waals surface area contributed by atoms with Gasteiger partial charge in [0.1, 0.15) is 0 Å². The zero-order valence-corrected chi connectivity index (χ0v) is 7.85. The van der Waals surface area contributed by atoms with E-state index in [0.717, 1.165) is 6.07 Å². The average molecular weight is 233 g/mol. The lowest BCUT2D eigenvalue weighted by Crippen LogP contribution is -1.95. The predicted molar refractivity (Wildman–Crippen MR) is 45.8 cm³/mol. The molecule has 4 heteroatoms. The van der Waals surface area contributed by atoms with E-state index in [4.69, 9.17) is 5.11 Å². The highest BCUT2D eigenvalue weighted by Gasteiger charge is 2.12. The zero-order chi connectivity index (χ0) is 9.30. The molecule has 0 radical (unpaired) electrons. The van der Waals surface area contributed by atoms with Crippen LogP contribution in [0, 0.1) is 5.82 Å². The van der Waals surface area contributed by atoms with Crippen LogP contribution in [0.4, 0.5) is 4.39 Å². The fourth-order valence-corrected chi connectivity index (χ4v) is 1.43. The maximum Gasteiger partial charge on any atom is 0.179 e. The molecule has 0 aliphatic carbocycles. The molecule has 0 amide bonds. The van der Waals surface area contributed by atoms with E-state index in [0.29, 0.717) is 0 Å². The van der Waals surface area contributed by atoms with Gasteiger partial charge in [-0.15, -0.1) is 0 Å². The van der Waals surface area contributed by atoms with E-state index < -0.39 is 11.6 Å². The van der Waals surface area contributed by atoms with Gasteiger partial charge < -0.3 is 5.11 Å². The first-order valence-electron chi connectivity index (χ1n) is 3.22. The Kier molecular flexibility index (Phi) is 2.47. The number of phenolic OH excluding ortho intramolecular Hbond substituents is 1. The Hall–Kier alpha value is -0.900. The second-order valence-corrected chi connectivity index (χ2v) is 3.11. The molecule has 0 fully saturated rings. The van der Waals surface area contributed by atoms with Crippen LogP contribution in [-0.4, -0.2) is 10.9 Å². The summed E-state index contributed by atoms with van der Waals surface area (Å²) in [4.78, 5) is 10.9. The van der Waals surface area contributed by atoms with Gasteiger partial charge in [-0.2, -0.15) is 0 Å². The topological polar surface area (TPSA) is 37.3 Å². The van der Waals surface area contributed by atoms with Gasteiger partial charge in [0, 0.05) is 5.56 Å². The van der Waals surface area contributed by atoms with Crippen molar-refractivity contribution in [2.75, 3.05) is 0 Å². The van der Waals surface area contributed by atoms with Crippen molar-refractivity contribution in [3.05, 3.63) is 28.0 Å². The fourth-order valence-electron chi connectivity index (χ4n) is 0.811. The first-order valence-corrected chi connectivity index (χ1v) is 4.01. The number of phenols is 1. The highest BCUT2D eigenvalue weighted by Crippen LogP contribution is 2.27. The van der Waals surface area contributed by atoms with Gasteiger partial charge in [-0.3, -0.25) is 4.79 Å². The molecule has 1 N–H and O–H groups in total. The Morgan fingerprint density at radius 3 is 2.67 bits per heavy atom. The molecule has 0 saturated heterocycles. The van der Waals surface area contributed by atoms with E-state index in [1.807, 2.05) is 0 Å². The summed E-state index contributed by atoms with van der Waals surface area (Å²) in [5, 5.41) is 8.89. The molecule has 1 rings (SSSR count). The highest BCUT2D eigenvalue weighted by atomic mass is 79.9. The van der Waals surface area contributed by atoms with Gasteiger partial charge in [0.25, 0.3) is 0 Å². The number of rotatable bonds is 1. The van der Waals surface area contributed by atoms with Crippen LogP contribution in [0.2, 0.25) is 0 Å². The molecule has 0 aliphatic heterocycles. The lowest BCUT2D eigenvalue weighted by molar-refractivity contribution is 0.101. The second kappa shape index (κ2) is 3.23. The van der Waals surface area contributed by atoms with E-state index in [-0.39, 0.29) is 15.8 Å². The first-order chi connectivity index (χ1) is 5.54. The van der Waals surface area contributed by atoms with Gasteiger partial charge in [-0.25, -0.2) is 4.39 Å². The summed E-state index contributed by atoms with van der Waals surface area (Å²) in [7, 11) is 0. The highest BCUT2D eigenvalue weighted by molar-refractivity contribution is 9.10. The number of benzene rings is 1. The Balaban J connectivity index is 3.36. The number of hydrogen-bond donors (Lipinski definition) is 1. The molecule has 0 bridgehead atoms. The minimum atomic E-state index is -0.803. The standard InChI is InChI=1S/C8H6BrFO2/c1-4(11)5-2-3-6(12)8(10)7(5)9/h2-3,12H,1H3. The van der Waals surface area contributed by atoms with E-state index in [2.05, 4.69) is 15.9 Å². The number of carbonyl (C=O) groups is 1. The Bertz CT molecular complexity index is 336. The third kappa shape index (κ3) is 1.48. The van der Waals surface area contributed by atoms with Gasteiger partial charge in [-0.1, -0.05) is 0 Å². The van der Waals surface area contributed by atoms with Crippen molar-refractivity contribution in [1.82, 2.24) is 0 Å². The summed E-state index contributed by atoms with van der Waals surface area (Å²) < 4.78 is 12.9. The Morgan fingerprint density at radius 2 is 2.17 bits per heavy atom. The Labute approximate surface area is 77.2 Å². The smallest absolute Gasteiger partial charge is 0.179 e. The third-order valence-corrected chi connectivity index (χ3v) is 2.22. The lowest BCUT2D eigenvalue weighted by atomic mass is 10.1. The molecular formula is C8H6BrFO2. The van der Waals surface area contributed by atoms with Gasteiger partial charge in [0.05, 0.1) is 4.47 Å². The van der Waals surface area contributed by atoms with Gasteiger partial charge >= 0.3 is 0 Å². The molecule has 0 saturated carbocycles. The fraction of sp³-hybridized carbons (Fsp3) is 0.125. The molecule has 0 heterocycles. The molecular weight excluding hydrogens is 227 g/mol. The largest absolute Gasteiger partial charge is 0.505 e. The molecule has 0 aliphatic rings. The summed E-state index contributed by atoms with van der Waals surface area (Å²) in [5.41, 5.74) is 0.227. The average Bonchev–Trinajstić information content (AvgIpc) is 2.00. The maximum atomic E-state index is 12.9. The van der Waals surface area contributed by atoms with Crippen LogP contribution in [0.15, 0.2) is 16.6 Å². The SMILES string of the molecule is CC(=O)c1ccc(O)c(F)c1Br. The summed E-state index contributed by atoms with van der Waals surface area (Å²) >= 11 is 2.88. The van der Waals surface area contributed by atoms with E-state index in [1.165, 1.54) is 13.0 Å². The van der Waals surface area contributed by atoms with Crippen molar-refractivity contribution in [3.8, 4) is 5.75 Å². The normalized spacial score (nSPS) is 9.92. The molecule has 2 nitrogen and oxygen atoms in total. The summed E-state index contributed by atoms with van der Waals surface area (Å²) in [6.07, 6.45) is 0. The van der Waals surface area contributed by atoms with Crippen LogP contribution in [0.3, 0.4) is 0 Å². The van der Waals surface area contributed by atoms with Gasteiger partial charge in [0.15, 0.2) is 17.3 Å². The minimum Gasteiger partial charge on any atom is -0.505 e. The van der Waals surface area contributed by atoms with Crippen molar-refractivity contribution in [2.45, 2.75) is 6.92 Å².